The highest BCUT2D eigenvalue weighted by molar-refractivity contribution is 6.30. The van der Waals surface area contributed by atoms with E-state index in [9.17, 15) is 50.4 Å². The number of nitrogens with two attached hydrogens (primary N) is 3. The highest BCUT2D eigenvalue weighted by Gasteiger charge is 2.34. The molecular formula is C39H60ClN9O12. The first-order valence-corrected chi connectivity index (χ1v) is 20.1. The molecule has 340 valence electrons. The van der Waals surface area contributed by atoms with Crippen molar-refractivity contribution < 1.29 is 60.7 Å². The van der Waals surface area contributed by atoms with Crippen LogP contribution in [0.1, 0.15) is 46.6 Å². The Bertz CT molecular complexity index is 1870. The average molecular weight is 882 g/mol. The summed E-state index contributed by atoms with van der Waals surface area (Å²) in [7, 11) is 0. The molecular weight excluding hydrogens is 822 g/mol. The van der Waals surface area contributed by atoms with Crippen LogP contribution in [0.15, 0.2) is 41.4 Å². The van der Waals surface area contributed by atoms with E-state index >= 15 is 0 Å². The number of guanidine groups is 1. The second-order valence-corrected chi connectivity index (χ2v) is 15.2. The van der Waals surface area contributed by atoms with Gasteiger partial charge in [-0.3, -0.25) is 24.8 Å². The number of carbonyl (C=O) groups is 2. The largest absolute Gasteiger partial charge is 0.394 e. The molecule has 22 heteroatoms. The van der Waals surface area contributed by atoms with Gasteiger partial charge in [-0.1, -0.05) is 48.0 Å². The number of aromatic nitrogens is 2. The minimum atomic E-state index is -1.91. The number of primary amides is 1. The molecule has 18 N–H and O–H groups in total. The van der Waals surface area contributed by atoms with Crippen molar-refractivity contribution in [3.8, 4) is 0 Å². The Morgan fingerprint density at radius 2 is 1.33 bits per heavy atom. The number of hydrogen-bond acceptors (Lipinski definition) is 18. The van der Waals surface area contributed by atoms with E-state index in [1.165, 1.54) is 4.90 Å². The summed E-state index contributed by atoms with van der Waals surface area (Å²) in [5.74, 6) is -1.44. The molecule has 0 saturated carbocycles. The van der Waals surface area contributed by atoms with Gasteiger partial charge in [-0.2, -0.15) is 0 Å². The van der Waals surface area contributed by atoms with Gasteiger partial charge in [0.1, 0.15) is 36.6 Å². The number of rotatable bonds is 26. The molecule has 2 amide bonds. The van der Waals surface area contributed by atoms with Crippen molar-refractivity contribution in [2.24, 2.45) is 16.5 Å². The van der Waals surface area contributed by atoms with Crippen LogP contribution in [-0.2, 0) is 17.6 Å². The maximum atomic E-state index is 12.5. The minimum Gasteiger partial charge on any atom is -0.394 e. The summed E-state index contributed by atoms with van der Waals surface area (Å²) in [5, 5.41) is 107. The van der Waals surface area contributed by atoms with Gasteiger partial charge in [0.2, 0.25) is 5.91 Å². The van der Waals surface area contributed by atoms with E-state index in [2.05, 4.69) is 31.7 Å². The first-order chi connectivity index (χ1) is 28.9. The van der Waals surface area contributed by atoms with Crippen molar-refractivity contribution >= 4 is 46.0 Å². The van der Waals surface area contributed by atoms with E-state index in [0.29, 0.717) is 18.7 Å². The molecule has 0 aliphatic carbocycles. The van der Waals surface area contributed by atoms with E-state index in [1.54, 1.807) is 6.92 Å². The lowest BCUT2D eigenvalue weighted by atomic mass is 9.98. The maximum absolute atomic E-state index is 12.5. The zero-order chi connectivity index (χ0) is 45.4. The molecule has 9 atom stereocenters. The lowest BCUT2D eigenvalue weighted by Gasteiger charge is -2.33. The first-order valence-electron chi connectivity index (χ1n) is 19.7. The molecule has 0 aliphatic rings. The van der Waals surface area contributed by atoms with Crippen LogP contribution in [0.5, 0.6) is 0 Å². The number of aryl methyl sites for hydroxylation is 2. The third-order valence-corrected chi connectivity index (χ3v) is 10.3. The Morgan fingerprint density at radius 3 is 1.89 bits per heavy atom. The van der Waals surface area contributed by atoms with Crippen molar-refractivity contribution in [1.82, 2.24) is 25.5 Å². The lowest BCUT2D eigenvalue weighted by molar-refractivity contribution is -0.130. The predicted octanol–water partition coefficient (Wildman–Crippen LogP) is -4.21. The number of anilines is 1. The standard InChI is InChI=1S/C39H60ClN9O12/c1-20-35(40)47-30(36(41)46-20)38(61)48-39(43)45-10-3-2-5-21-6-8-24-14-22(7-9-23(24)13-21)15-25(37(42)60)44-11-4-12-49(16-26(52)31(56)33(58)28(54)18-50)17-27(53)32(57)34(59)29(55)19-51/h6-9,13-14,25-29,31-34,44,50-59H,2-5,10-12,15-19H2,1H3,(H2,41,46)(H2,42,60)(H3,43,45,48,61)/t25?,26-,27-,28+,29+,31+,32+,33+,34+/m0/s1. The number of halogens is 1. The molecule has 3 rings (SSSR count). The van der Waals surface area contributed by atoms with E-state index in [-0.39, 0.29) is 48.6 Å². The van der Waals surface area contributed by atoms with Crippen LogP contribution in [0.25, 0.3) is 10.8 Å². The highest BCUT2D eigenvalue weighted by Crippen LogP contribution is 2.21. The number of aliphatic hydroxyl groups is 10. The molecule has 0 aliphatic heterocycles. The molecule has 1 heterocycles. The molecule has 21 nitrogen and oxygen atoms in total. The van der Waals surface area contributed by atoms with Gasteiger partial charge in [-0.15, -0.1) is 0 Å². The molecule has 1 unspecified atom stereocenters. The van der Waals surface area contributed by atoms with Crippen LogP contribution in [0.2, 0.25) is 5.15 Å². The van der Waals surface area contributed by atoms with Gasteiger partial charge >= 0.3 is 0 Å². The SMILES string of the molecule is Cc1nc(N)c(C(=O)NC(N)=NCCCCc2ccc3cc(CC(NCCCN(C[C@H](O)[C@@H](O)[C@H](O)[C@H](O)CO)C[C@H](O)[C@@H](O)[C@H](O)[C@H](O)CO)C(N)=O)ccc3c2)nc1Cl. The first kappa shape index (κ1) is 51.2. The zero-order valence-corrected chi connectivity index (χ0v) is 34.6. The van der Waals surface area contributed by atoms with E-state index in [0.717, 1.165) is 34.7 Å². The van der Waals surface area contributed by atoms with Gasteiger partial charge in [0.15, 0.2) is 22.6 Å². The fourth-order valence-electron chi connectivity index (χ4n) is 6.38. The van der Waals surface area contributed by atoms with Crippen molar-refractivity contribution in [1.29, 1.82) is 0 Å². The number of nitrogen functional groups attached to an aromatic ring is 1. The number of carbonyl (C=O) groups excluding carboxylic acids is 2. The number of amides is 2. The minimum absolute atomic E-state index is 0.0552. The van der Waals surface area contributed by atoms with Crippen LogP contribution in [0.3, 0.4) is 0 Å². The van der Waals surface area contributed by atoms with Crippen molar-refractivity contribution in [3.05, 3.63) is 64.1 Å². The summed E-state index contributed by atoms with van der Waals surface area (Å²) >= 11 is 5.95. The van der Waals surface area contributed by atoms with Gasteiger partial charge in [0.25, 0.3) is 5.91 Å². The van der Waals surface area contributed by atoms with E-state index < -0.39 is 93.0 Å². The van der Waals surface area contributed by atoms with Crippen LogP contribution in [0.4, 0.5) is 5.82 Å². The maximum Gasteiger partial charge on any atom is 0.280 e. The third-order valence-electron chi connectivity index (χ3n) is 9.99. The number of hydrogen-bond donors (Lipinski definition) is 15. The summed E-state index contributed by atoms with van der Waals surface area (Å²) in [6.07, 6.45) is -11.8. The predicted molar refractivity (Wildman–Crippen MR) is 225 cm³/mol. The normalized spacial score (nSPS) is 16.7. The number of benzene rings is 2. The Balaban J connectivity index is 1.54. The Labute approximate surface area is 357 Å². The van der Waals surface area contributed by atoms with Gasteiger partial charge in [-0.05, 0) is 74.0 Å². The Hall–Kier alpha value is -4.20. The van der Waals surface area contributed by atoms with Crippen LogP contribution in [0, 0.1) is 6.92 Å². The number of aliphatic imine (C=N–C) groups is 1. The van der Waals surface area contributed by atoms with Crippen LogP contribution >= 0.6 is 11.6 Å². The Morgan fingerprint density at radius 1 is 0.787 bits per heavy atom. The van der Waals surface area contributed by atoms with E-state index in [4.69, 9.17) is 39.0 Å². The summed E-state index contributed by atoms with van der Waals surface area (Å²) < 4.78 is 0. The molecule has 0 spiro atoms. The summed E-state index contributed by atoms with van der Waals surface area (Å²) in [6, 6.07) is 11.1. The number of unbranched alkanes of at least 4 members (excludes halogenated alkanes) is 1. The van der Waals surface area contributed by atoms with Gasteiger partial charge in [-0.25, -0.2) is 9.97 Å². The fraction of sp³-hybridized carbons (Fsp3) is 0.564. The average Bonchev–Trinajstić information content (AvgIpc) is 3.23. The number of aliphatic hydroxyl groups excluding tert-OH is 10. The number of nitrogens with zero attached hydrogens (tertiary/aromatic N) is 4. The quantitative estimate of drug-likeness (QED) is 0.0206. The zero-order valence-electron chi connectivity index (χ0n) is 33.8. The number of fused-ring (bicyclic) bond motifs is 1. The van der Waals surface area contributed by atoms with Gasteiger partial charge in [0.05, 0.1) is 37.2 Å². The van der Waals surface area contributed by atoms with Crippen LogP contribution < -0.4 is 27.8 Å². The molecule has 0 bridgehead atoms. The van der Waals surface area contributed by atoms with Crippen molar-refractivity contribution in [2.75, 3.05) is 51.7 Å². The molecule has 0 radical (unpaired) electrons. The van der Waals surface area contributed by atoms with Crippen LogP contribution in [-0.4, -0.2) is 185 Å². The molecule has 3 aromatic rings. The topological polar surface area (TPSA) is 380 Å². The van der Waals surface area contributed by atoms with Crippen molar-refractivity contribution in [2.45, 2.75) is 93.9 Å². The lowest BCUT2D eigenvalue weighted by Crippen LogP contribution is -2.53. The molecule has 0 saturated heterocycles. The Kier molecular flexibility index (Phi) is 21.0. The molecule has 0 fully saturated rings. The summed E-state index contributed by atoms with van der Waals surface area (Å²) in [4.78, 5) is 38.4. The second-order valence-electron chi connectivity index (χ2n) is 14.9. The molecule has 2 aromatic carbocycles. The number of nitrogens with one attached hydrogen (secondary N) is 2. The summed E-state index contributed by atoms with van der Waals surface area (Å²) in [5.41, 5.74) is 19.6. The fourth-order valence-corrected chi connectivity index (χ4v) is 6.51. The smallest absolute Gasteiger partial charge is 0.280 e. The second kappa shape index (κ2) is 25.0. The monoisotopic (exact) mass is 881 g/mol. The molecule has 1 aromatic heterocycles. The summed E-state index contributed by atoms with van der Waals surface area (Å²) in [6.45, 7) is -0.352. The van der Waals surface area contributed by atoms with E-state index in [1.807, 2.05) is 30.3 Å². The van der Waals surface area contributed by atoms with Gasteiger partial charge < -0.3 is 73.6 Å². The third kappa shape index (κ3) is 15.9. The molecule has 61 heavy (non-hydrogen) atoms. The van der Waals surface area contributed by atoms with Gasteiger partial charge in [0, 0.05) is 19.6 Å². The highest BCUT2D eigenvalue weighted by atomic mass is 35.5. The van der Waals surface area contributed by atoms with Crippen molar-refractivity contribution in [3.63, 3.8) is 0 Å².